The molecule has 5 nitrogen and oxygen atoms in total. The molecule has 2 aliphatic rings. The first-order valence-electron chi connectivity index (χ1n) is 10.2. The smallest absolute Gasteiger partial charge is 0.242 e. The second-order valence-corrected chi connectivity index (χ2v) is 10.7. The Morgan fingerprint density at radius 3 is 2.37 bits per heavy atom. The van der Waals surface area contributed by atoms with Gasteiger partial charge in [0.15, 0.2) is 4.34 Å². The van der Waals surface area contributed by atoms with Crippen molar-refractivity contribution in [1.82, 2.24) is 10.2 Å². The van der Waals surface area contributed by atoms with Gasteiger partial charge in [0.25, 0.3) is 0 Å². The second-order valence-electron chi connectivity index (χ2n) is 7.41. The molecule has 1 N–H and O–H groups in total. The molecule has 1 aromatic heterocycles. The van der Waals surface area contributed by atoms with Crippen molar-refractivity contribution in [3.05, 3.63) is 48.5 Å². The minimum absolute atomic E-state index is 0.0530. The summed E-state index contributed by atoms with van der Waals surface area (Å²) in [6, 6.07) is 16.7. The van der Waals surface area contributed by atoms with Crippen LogP contribution in [-0.4, -0.2) is 27.9 Å². The largest absolute Gasteiger partial charge is 0.357 e. The van der Waals surface area contributed by atoms with Crippen molar-refractivity contribution in [2.75, 3.05) is 16.0 Å². The maximum Gasteiger partial charge on any atom is 0.242 e. The van der Waals surface area contributed by atoms with E-state index in [-0.39, 0.29) is 5.91 Å². The Bertz CT molecular complexity index is 1000. The average Bonchev–Trinajstić information content (AvgIpc) is 3.23. The predicted octanol–water partition coefficient (Wildman–Crippen LogP) is 6.20. The predicted molar refractivity (Wildman–Crippen MR) is 125 cm³/mol. The molecule has 0 atom stereocenters. The monoisotopic (exact) mass is 454 g/mol. The van der Waals surface area contributed by atoms with E-state index in [9.17, 15) is 4.79 Å². The maximum absolute atomic E-state index is 13.3. The zero-order valence-corrected chi connectivity index (χ0v) is 18.9. The van der Waals surface area contributed by atoms with Crippen LogP contribution in [0.2, 0.25) is 0 Å². The first-order valence-corrected chi connectivity index (χ1v) is 12.8. The number of benzene rings is 2. The summed E-state index contributed by atoms with van der Waals surface area (Å²) < 4.78 is 0.828. The van der Waals surface area contributed by atoms with Gasteiger partial charge < -0.3 is 5.32 Å². The van der Waals surface area contributed by atoms with E-state index in [1.807, 2.05) is 41.3 Å². The van der Waals surface area contributed by atoms with Crippen LogP contribution in [0.3, 0.4) is 0 Å². The highest BCUT2D eigenvalue weighted by Gasteiger charge is 2.28. The number of anilines is 3. The molecular weight excluding hydrogens is 432 g/mol. The van der Waals surface area contributed by atoms with Crippen molar-refractivity contribution in [2.45, 2.75) is 52.3 Å². The lowest BCUT2D eigenvalue weighted by Gasteiger charge is -2.30. The van der Waals surface area contributed by atoms with E-state index in [1.165, 1.54) is 43.9 Å². The third kappa shape index (κ3) is 4.22. The van der Waals surface area contributed by atoms with E-state index in [0.717, 1.165) is 30.6 Å². The lowest BCUT2D eigenvalue weighted by Crippen LogP contribution is -2.29. The fraction of sp³-hybridized carbons (Fsp3) is 0.318. The average molecular weight is 455 g/mol. The molecule has 2 aromatic carbocycles. The van der Waals surface area contributed by atoms with Crippen LogP contribution in [0.5, 0.6) is 0 Å². The molecular formula is C22H22N4OS3. The van der Waals surface area contributed by atoms with Gasteiger partial charge in [-0.1, -0.05) is 78.4 Å². The SMILES string of the molecule is O=C(CSc1nnc(NC2CCCCC2)s1)N1c2ccccc2Sc2ccccc21. The number of carbonyl (C=O) groups excluding carboxylic acids is 1. The highest BCUT2D eigenvalue weighted by molar-refractivity contribution is 8.01. The number of fused-ring (bicyclic) bond motifs is 2. The number of amides is 1. The number of nitrogens with one attached hydrogen (secondary N) is 1. The van der Waals surface area contributed by atoms with Crippen molar-refractivity contribution < 1.29 is 4.79 Å². The second kappa shape index (κ2) is 8.99. The summed E-state index contributed by atoms with van der Waals surface area (Å²) in [5, 5.41) is 12.9. The van der Waals surface area contributed by atoms with Crippen LogP contribution >= 0.6 is 34.9 Å². The Balaban J connectivity index is 1.28. The molecule has 0 unspecified atom stereocenters. The molecule has 0 bridgehead atoms. The highest BCUT2D eigenvalue weighted by Crippen LogP contribution is 2.48. The molecule has 1 amide bonds. The molecule has 3 aromatic rings. The van der Waals surface area contributed by atoms with Crippen molar-refractivity contribution in [2.24, 2.45) is 0 Å². The van der Waals surface area contributed by atoms with Gasteiger partial charge in [-0.3, -0.25) is 9.69 Å². The lowest BCUT2D eigenvalue weighted by molar-refractivity contribution is -0.115. The number of hydrogen-bond acceptors (Lipinski definition) is 7. The first kappa shape index (κ1) is 19.9. The number of para-hydroxylation sites is 2. The summed E-state index contributed by atoms with van der Waals surface area (Å²) >= 11 is 4.71. The number of thioether (sulfide) groups is 1. The minimum Gasteiger partial charge on any atom is -0.357 e. The van der Waals surface area contributed by atoms with Crippen molar-refractivity contribution in [3.63, 3.8) is 0 Å². The molecule has 154 valence electrons. The van der Waals surface area contributed by atoms with Crippen molar-refractivity contribution in [3.8, 4) is 0 Å². The van der Waals surface area contributed by atoms with Crippen molar-refractivity contribution >= 4 is 57.3 Å². The number of hydrogen-bond donors (Lipinski definition) is 1. The third-order valence-corrected chi connectivity index (χ3v) is 8.44. The summed E-state index contributed by atoms with van der Waals surface area (Å²) in [5.74, 6) is 0.378. The number of rotatable bonds is 5. The van der Waals surface area contributed by atoms with Gasteiger partial charge in [-0.05, 0) is 37.1 Å². The van der Waals surface area contributed by atoms with E-state index in [4.69, 9.17) is 0 Å². The first-order chi connectivity index (χ1) is 14.8. The third-order valence-electron chi connectivity index (χ3n) is 5.34. The van der Waals surface area contributed by atoms with Gasteiger partial charge in [-0.2, -0.15) is 0 Å². The molecule has 0 spiro atoms. The zero-order valence-electron chi connectivity index (χ0n) is 16.4. The summed E-state index contributed by atoms with van der Waals surface area (Å²) in [7, 11) is 0. The van der Waals surface area contributed by atoms with Crippen LogP contribution in [0.15, 0.2) is 62.7 Å². The van der Waals surface area contributed by atoms with Crippen LogP contribution in [0.25, 0.3) is 0 Å². The van der Waals surface area contributed by atoms with Crippen LogP contribution < -0.4 is 10.2 Å². The van der Waals surface area contributed by atoms with E-state index < -0.39 is 0 Å². The van der Waals surface area contributed by atoms with Crippen LogP contribution in [0, 0.1) is 0 Å². The lowest BCUT2D eigenvalue weighted by atomic mass is 9.96. The molecule has 2 heterocycles. The van der Waals surface area contributed by atoms with Crippen LogP contribution in [0.1, 0.15) is 32.1 Å². The van der Waals surface area contributed by atoms with E-state index in [0.29, 0.717) is 11.8 Å². The fourth-order valence-electron chi connectivity index (χ4n) is 3.91. The van der Waals surface area contributed by atoms with Crippen molar-refractivity contribution in [1.29, 1.82) is 0 Å². The van der Waals surface area contributed by atoms with Crippen LogP contribution in [-0.2, 0) is 4.79 Å². The zero-order chi connectivity index (χ0) is 20.3. The molecule has 1 fully saturated rings. The standard InChI is InChI=1S/C22H22N4OS3/c27-20(14-28-22-25-24-21(30-22)23-15-8-2-1-3-9-15)26-16-10-4-6-12-18(16)29-19-13-7-5-11-17(19)26/h4-7,10-13,15H,1-3,8-9,14H2,(H,23,24). The Labute approximate surface area is 188 Å². The Morgan fingerprint density at radius 2 is 1.67 bits per heavy atom. The molecule has 30 heavy (non-hydrogen) atoms. The molecule has 1 aliphatic heterocycles. The molecule has 0 saturated heterocycles. The quantitative estimate of drug-likeness (QED) is 0.463. The van der Waals surface area contributed by atoms with Gasteiger partial charge >= 0.3 is 0 Å². The summed E-state index contributed by atoms with van der Waals surface area (Å²) in [5.41, 5.74) is 1.90. The highest BCUT2D eigenvalue weighted by atomic mass is 32.2. The Hall–Kier alpha value is -2.03. The normalized spacial score (nSPS) is 16.1. The summed E-state index contributed by atoms with van der Waals surface area (Å²) in [4.78, 5) is 17.3. The molecule has 8 heteroatoms. The van der Waals surface area contributed by atoms with E-state index >= 15 is 0 Å². The molecule has 5 rings (SSSR count). The fourth-order valence-corrected chi connectivity index (χ4v) is 6.65. The van der Waals surface area contributed by atoms with Gasteiger partial charge in [0, 0.05) is 15.8 Å². The van der Waals surface area contributed by atoms with Crippen LogP contribution in [0.4, 0.5) is 16.5 Å². The van der Waals surface area contributed by atoms with Gasteiger partial charge in [0.1, 0.15) is 0 Å². The Morgan fingerprint density at radius 1 is 1.00 bits per heavy atom. The van der Waals surface area contributed by atoms with Gasteiger partial charge in [-0.25, -0.2) is 0 Å². The van der Waals surface area contributed by atoms with Gasteiger partial charge in [0.2, 0.25) is 11.0 Å². The molecule has 1 saturated carbocycles. The molecule has 1 aliphatic carbocycles. The molecule has 0 radical (unpaired) electrons. The number of carbonyl (C=O) groups is 1. The minimum atomic E-state index is 0.0530. The Kier molecular flexibility index (Phi) is 5.97. The van der Waals surface area contributed by atoms with Gasteiger partial charge in [-0.15, -0.1) is 10.2 Å². The number of nitrogens with zero attached hydrogens (tertiary/aromatic N) is 3. The van der Waals surface area contributed by atoms with Gasteiger partial charge in [0.05, 0.1) is 17.1 Å². The topological polar surface area (TPSA) is 58.1 Å². The summed E-state index contributed by atoms with van der Waals surface area (Å²) in [6.07, 6.45) is 6.30. The maximum atomic E-state index is 13.3. The summed E-state index contributed by atoms with van der Waals surface area (Å²) in [6.45, 7) is 0. The van der Waals surface area contributed by atoms with E-state index in [2.05, 4.69) is 27.6 Å². The van der Waals surface area contributed by atoms with E-state index in [1.54, 1.807) is 23.1 Å². The number of aromatic nitrogens is 2.